The normalized spacial score (nSPS) is 10.5. The first-order chi connectivity index (χ1) is 7.11. The van der Waals surface area contributed by atoms with Crippen LogP contribution in [0.4, 0.5) is 4.39 Å². The molecule has 1 N–H and O–H groups in total. The second-order valence-electron chi connectivity index (χ2n) is 3.33. The van der Waals surface area contributed by atoms with Gasteiger partial charge in [0.1, 0.15) is 11.6 Å². The third kappa shape index (κ3) is 2.46. The van der Waals surface area contributed by atoms with E-state index in [-0.39, 0.29) is 5.82 Å². The second-order valence-corrected chi connectivity index (χ2v) is 3.33. The van der Waals surface area contributed by atoms with E-state index < -0.39 is 0 Å². The summed E-state index contributed by atoms with van der Waals surface area (Å²) >= 11 is 0. The second kappa shape index (κ2) is 5.09. The topological polar surface area (TPSA) is 30.5 Å². The number of ether oxygens (including phenoxy) is 1. The molecule has 3 nitrogen and oxygen atoms in total. The molecule has 84 valence electrons. The minimum Gasteiger partial charge on any atom is -0.496 e. The molecule has 4 heteroatoms. The molecule has 0 atom stereocenters. The Morgan fingerprint density at radius 1 is 1.27 bits per heavy atom. The standard InChI is InChI=1S/C11H16FNO2/c1-7-9(6-13-15-4)5-10(12)8(2)11(7)14-3/h5,13H,6H2,1-4H3. The van der Waals surface area contributed by atoms with E-state index in [9.17, 15) is 4.39 Å². The Bertz CT molecular complexity index is 353. The first-order valence-electron chi connectivity index (χ1n) is 4.70. The van der Waals surface area contributed by atoms with Crippen LogP contribution in [0.5, 0.6) is 5.75 Å². The van der Waals surface area contributed by atoms with Crippen LogP contribution in [0.15, 0.2) is 6.07 Å². The molecule has 0 fully saturated rings. The Hall–Kier alpha value is -1.13. The van der Waals surface area contributed by atoms with Crippen molar-refractivity contribution >= 4 is 0 Å². The minimum absolute atomic E-state index is 0.259. The van der Waals surface area contributed by atoms with Crippen LogP contribution in [0.25, 0.3) is 0 Å². The Labute approximate surface area is 89.2 Å². The van der Waals surface area contributed by atoms with Gasteiger partial charge in [0, 0.05) is 12.1 Å². The predicted molar refractivity (Wildman–Crippen MR) is 56.3 cm³/mol. The van der Waals surface area contributed by atoms with E-state index in [4.69, 9.17) is 9.57 Å². The molecule has 0 unspecified atom stereocenters. The highest BCUT2D eigenvalue weighted by atomic mass is 19.1. The van der Waals surface area contributed by atoms with E-state index in [1.165, 1.54) is 13.2 Å². The summed E-state index contributed by atoms with van der Waals surface area (Å²) in [5, 5.41) is 0. The summed E-state index contributed by atoms with van der Waals surface area (Å²) in [6.45, 7) is 4.06. The summed E-state index contributed by atoms with van der Waals surface area (Å²) in [6.07, 6.45) is 0. The minimum atomic E-state index is -0.259. The Morgan fingerprint density at radius 3 is 2.47 bits per heavy atom. The molecular weight excluding hydrogens is 197 g/mol. The zero-order valence-corrected chi connectivity index (χ0v) is 9.48. The Kier molecular flexibility index (Phi) is 4.05. The van der Waals surface area contributed by atoms with Crippen LogP contribution < -0.4 is 10.2 Å². The lowest BCUT2D eigenvalue weighted by Crippen LogP contribution is -2.13. The molecule has 0 aromatic heterocycles. The number of hydrogen-bond donors (Lipinski definition) is 1. The Morgan fingerprint density at radius 2 is 1.93 bits per heavy atom. The van der Waals surface area contributed by atoms with Gasteiger partial charge in [-0.2, -0.15) is 5.48 Å². The lowest BCUT2D eigenvalue weighted by Gasteiger charge is -2.14. The lowest BCUT2D eigenvalue weighted by molar-refractivity contribution is 0.0864. The van der Waals surface area contributed by atoms with E-state index in [0.29, 0.717) is 17.9 Å². The van der Waals surface area contributed by atoms with Crippen LogP contribution in [0.3, 0.4) is 0 Å². The molecule has 0 bridgehead atoms. The number of benzene rings is 1. The summed E-state index contributed by atoms with van der Waals surface area (Å²) in [5.41, 5.74) is 4.98. The summed E-state index contributed by atoms with van der Waals surface area (Å²) in [7, 11) is 3.07. The molecule has 1 aromatic carbocycles. The first kappa shape index (κ1) is 11.9. The highest BCUT2D eigenvalue weighted by Crippen LogP contribution is 2.28. The van der Waals surface area contributed by atoms with Crippen molar-refractivity contribution in [2.75, 3.05) is 14.2 Å². The van der Waals surface area contributed by atoms with Gasteiger partial charge in [-0.3, -0.25) is 0 Å². The van der Waals surface area contributed by atoms with Gasteiger partial charge in [-0.1, -0.05) is 0 Å². The van der Waals surface area contributed by atoms with Crippen LogP contribution in [0, 0.1) is 19.7 Å². The zero-order valence-electron chi connectivity index (χ0n) is 9.48. The summed E-state index contributed by atoms with van der Waals surface area (Å²) in [6, 6.07) is 1.50. The van der Waals surface area contributed by atoms with Gasteiger partial charge in [0.15, 0.2) is 0 Å². The van der Waals surface area contributed by atoms with Crippen LogP contribution in [-0.4, -0.2) is 14.2 Å². The van der Waals surface area contributed by atoms with Gasteiger partial charge in [0.2, 0.25) is 0 Å². The predicted octanol–water partition coefficient (Wildman–Crippen LogP) is 2.10. The monoisotopic (exact) mass is 213 g/mol. The fraction of sp³-hybridized carbons (Fsp3) is 0.455. The average Bonchev–Trinajstić information content (AvgIpc) is 2.22. The average molecular weight is 213 g/mol. The number of hydroxylamine groups is 1. The number of methoxy groups -OCH3 is 1. The summed E-state index contributed by atoms with van der Waals surface area (Å²) in [4.78, 5) is 4.73. The van der Waals surface area contributed by atoms with Crippen LogP contribution in [0.2, 0.25) is 0 Å². The number of halogens is 1. The molecule has 0 aliphatic heterocycles. The van der Waals surface area contributed by atoms with E-state index in [0.717, 1.165) is 11.1 Å². The Balaban J connectivity index is 3.12. The molecule has 0 saturated carbocycles. The molecule has 0 amide bonds. The van der Waals surface area contributed by atoms with Crippen LogP contribution in [-0.2, 0) is 11.4 Å². The zero-order chi connectivity index (χ0) is 11.4. The van der Waals surface area contributed by atoms with E-state index in [2.05, 4.69) is 5.48 Å². The fourth-order valence-corrected chi connectivity index (χ4v) is 1.54. The van der Waals surface area contributed by atoms with E-state index in [1.807, 2.05) is 6.92 Å². The summed E-state index contributed by atoms with van der Waals surface area (Å²) < 4.78 is 18.7. The number of rotatable bonds is 4. The van der Waals surface area contributed by atoms with Gasteiger partial charge in [0.05, 0.1) is 14.2 Å². The summed E-state index contributed by atoms with van der Waals surface area (Å²) in [5.74, 6) is 0.341. The quantitative estimate of drug-likeness (QED) is 0.777. The van der Waals surface area contributed by atoms with Gasteiger partial charge >= 0.3 is 0 Å². The lowest BCUT2D eigenvalue weighted by atomic mass is 10.0. The van der Waals surface area contributed by atoms with Crippen molar-refractivity contribution in [3.8, 4) is 5.75 Å². The SMILES string of the molecule is CONCc1cc(F)c(C)c(OC)c1C. The molecule has 0 saturated heterocycles. The maximum absolute atomic E-state index is 13.5. The third-order valence-corrected chi connectivity index (χ3v) is 2.43. The molecule has 0 heterocycles. The third-order valence-electron chi connectivity index (χ3n) is 2.43. The van der Waals surface area contributed by atoms with Crippen molar-refractivity contribution < 1.29 is 14.0 Å². The van der Waals surface area contributed by atoms with Gasteiger partial charge in [-0.25, -0.2) is 4.39 Å². The van der Waals surface area contributed by atoms with E-state index >= 15 is 0 Å². The number of hydrogen-bond acceptors (Lipinski definition) is 3. The first-order valence-corrected chi connectivity index (χ1v) is 4.70. The fourth-order valence-electron chi connectivity index (χ4n) is 1.54. The molecular formula is C11H16FNO2. The molecule has 1 rings (SSSR count). The largest absolute Gasteiger partial charge is 0.496 e. The van der Waals surface area contributed by atoms with Gasteiger partial charge in [0.25, 0.3) is 0 Å². The molecule has 15 heavy (non-hydrogen) atoms. The highest BCUT2D eigenvalue weighted by Gasteiger charge is 2.12. The van der Waals surface area contributed by atoms with Gasteiger partial charge in [-0.15, -0.1) is 0 Å². The molecule has 0 spiro atoms. The van der Waals surface area contributed by atoms with Crippen LogP contribution >= 0.6 is 0 Å². The smallest absolute Gasteiger partial charge is 0.130 e. The highest BCUT2D eigenvalue weighted by molar-refractivity contribution is 5.45. The van der Waals surface area contributed by atoms with Crippen molar-refractivity contribution in [3.63, 3.8) is 0 Å². The maximum Gasteiger partial charge on any atom is 0.130 e. The maximum atomic E-state index is 13.5. The molecule has 0 aliphatic carbocycles. The molecule has 1 aromatic rings. The van der Waals surface area contributed by atoms with Crippen molar-refractivity contribution in [1.29, 1.82) is 0 Å². The van der Waals surface area contributed by atoms with Crippen molar-refractivity contribution in [3.05, 3.63) is 28.6 Å². The molecule has 0 radical (unpaired) electrons. The van der Waals surface area contributed by atoms with Gasteiger partial charge in [-0.05, 0) is 31.0 Å². The molecule has 0 aliphatic rings. The van der Waals surface area contributed by atoms with Gasteiger partial charge < -0.3 is 9.57 Å². The van der Waals surface area contributed by atoms with Crippen LogP contribution in [0.1, 0.15) is 16.7 Å². The van der Waals surface area contributed by atoms with Crippen molar-refractivity contribution in [2.45, 2.75) is 20.4 Å². The van der Waals surface area contributed by atoms with Crippen molar-refractivity contribution in [1.82, 2.24) is 5.48 Å². The number of nitrogens with one attached hydrogen (secondary N) is 1. The van der Waals surface area contributed by atoms with Crippen molar-refractivity contribution in [2.24, 2.45) is 0 Å². The van der Waals surface area contributed by atoms with E-state index in [1.54, 1.807) is 14.0 Å².